The van der Waals surface area contributed by atoms with Crippen LogP contribution >= 0.6 is 0 Å². The molecular weight excluding hydrogens is 340 g/mol. The van der Waals surface area contributed by atoms with E-state index in [4.69, 9.17) is 0 Å². The van der Waals surface area contributed by atoms with E-state index in [1.165, 1.54) is 16.2 Å². The van der Waals surface area contributed by atoms with Crippen molar-refractivity contribution in [2.24, 2.45) is 0 Å². The predicted octanol–water partition coefficient (Wildman–Crippen LogP) is 2.11. The lowest BCUT2D eigenvalue weighted by Crippen LogP contribution is -2.46. The molecule has 2 aliphatic heterocycles. The number of imide groups is 1. The minimum absolute atomic E-state index is 0.0789. The molecular formula is C21H24N4O2. The normalized spacial score (nSPS) is 18.1. The molecule has 0 atom stereocenters. The number of urea groups is 1. The van der Waals surface area contributed by atoms with Crippen molar-refractivity contribution in [3.05, 3.63) is 60.2 Å². The van der Waals surface area contributed by atoms with Gasteiger partial charge >= 0.3 is 6.03 Å². The molecule has 2 aromatic rings. The van der Waals surface area contributed by atoms with Gasteiger partial charge in [-0.2, -0.15) is 0 Å². The fourth-order valence-corrected chi connectivity index (χ4v) is 3.65. The molecule has 2 saturated heterocycles. The summed E-state index contributed by atoms with van der Waals surface area (Å²) in [5, 5.41) is 2.54. The standard InChI is InChI=1S/C21H24N4O2/c26-20-16-22-21(27)25(20)19-8-6-17(7-9-19)10-11-23-12-14-24(15-13-23)18-4-2-1-3-5-18/h1-9H,10-16H2,(H,22,27). The van der Waals surface area contributed by atoms with Gasteiger partial charge in [-0.25, -0.2) is 9.69 Å². The number of amides is 3. The van der Waals surface area contributed by atoms with Gasteiger partial charge in [-0.05, 0) is 36.2 Å². The van der Waals surface area contributed by atoms with Crippen LogP contribution in [0, 0.1) is 0 Å². The second-order valence-electron chi connectivity index (χ2n) is 6.97. The number of carbonyl (C=O) groups excluding carboxylic acids is 2. The molecule has 6 heteroatoms. The second-order valence-corrected chi connectivity index (χ2v) is 6.97. The molecule has 27 heavy (non-hydrogen) atoms. The number of anilines is 2. The highest BCUT2D eigenvalue weighted by atomic mass is 16.2. The summed E-state index contributed by atoms with van der Waals surface area (Å²) in [5.74, 6) is -0.205. The summed E-state index contributed by atoms with van der Waals surface area (Å²) in [6.07, 6.45) is 0.964. The lowest BCUT2D eigenvalue weighted by molar-refractivity contribution is -0.115. The summed E-state index contributed by atoms with van der Waals surface area (Å²) in [7, 11) is 0. The minimum atomic E-state index is -0.343. The number of nitrogens with zero attached hydrogens (tertiary/aromatic N) is 3. The van der Waals surface area contributed by atoms with E-state index in [9.17, 15) is 9.59 Å². The first kappa shape index (κ1) is 17.5. The Morgan fingerprint density at radius 2 is 1.52 bits per heavy atom. The van der Waals surface area contributed by atoms with Crippen molar-refractivity contribution in [1.29, 1.82) is 0 Å². The summed E-state index contributed by atoms with van der Waals surface area (Å²) in [6.45, 7) is 5.33. The van der Waals surface area contributed by atoms with Gasteiger partial charge in [0.05, 0.1) is 12.2 Å². The number of hydrogen-bond acceptors (Lipinski definition) is 4. The molecule has 2 fully saturated rings. The Balaban J connectivity index is 1.27. The van der Waals surface area contributed by atoms with Gasteiger partial charge in [-0.15, -0.1) is 0 Å². The highest BCUT2D eigenvalue weighted by Crippen LogP contribution is 2.19. The van der Waals surface area contributed by atoms with Gasteiger partial charge in [0, 0.05) is 38.4 Å². The van der Waals surface area contributed by atoms with Crippen LogP contribution in [-0.2, 0) is 11.2 Å². The van der Waals surface area contributed by atoms with E-state index in [1.807, 2.05) is 24.3 Å². The number of benzene rings is 2. The van der Waals surface area contributed by atoms with Crippen LogP contribution in [0.2, 0.25) is 0 Å². The summed E-state index contributed by atoms with van der Waals surface area (Å²) < 4.78 is 0. The highest BCUT2D eigenvalue weighted by molar-refractivity contribution is 6.19. The van der Waals surface area contributed by atoms with E-state index in [0.717, 1.165) is 39.1 Å². The van der Waals surface area contributed by atoms with Gasteiger partial charge < -0.3 is 10.2 Å². The number of rotatable bonds is 5. The molecule has 140 valence electrons. The zero-order chi connectivity index (χ0) is 18.6. The molecule has 0 aliphatic carbocycles. The third-order valence-corrected chi connectivity index (χ3v) is 5.25. The molecule has 2 aliphatic rings. The summed E-state index contributed by atoms with van der Waals surface area (Å²) in [5.41, 5.74) is 3.15. The van der Waals surface area contributed by atoms with Crippen LogP contribution in [0.25, 0.3) is 0 Å². The van der Waals surface area contributed by atoms with E-state index in [-0.39, 0.29) is 18.5 Å². The topological polar surface area (TPSA) is 55.9 Å². The van der Waals surface area contributed by atoms with E-state index < -0.39 is 0 Å². The maximum absolute atomic E-state index is 11.8. The van der Waals surface area contributed by atoms with Gasteiger partial charge in [0.2, 0.25) is 0 Å². The van der Waals surface area contributed by atoms with Crippen LogP contribution in [0.1, 0.15) is 5.56 Å². The number of hydrogen-bond donors (Lipinski definition) is 1. The molecule has 0 bridgehead atoms. The molecule has 0 saturated carbocycles. The van der Waals surface area contributed by atoms with E-state index in [2.05, 4.69) is 45.4 Å². The molecule has 3 amide bonds. The average Bonchev–Trinajstić information content (AvgIpc) is 3.06. The highest BCUT2D eigenvalue weighted by Gasteiger charge is 2.29. The van der Waals surface area contributed by atoms with Crippen molar-refractivity contribution in [3.8, 4) is 0 Å². The van der Waals surface area contributed by atoms with Gasteiger partial charge in [-0.1, -0.05) is 30.3 Å². The van der Waals surface area contributed by atoms with Gasteiger partial charge in [-0.3, -0.25) is 9.69 Å². The van der Waals surface area contributed by atoms with Crippen molar-refractivity contribution < 1.29 is 9.59 Å². The molecule has 6 nitrogen and oxygen atoms in total. The molecule has 1 N–H and O–H groups in total. The van der Waals surface area contributed by atoms with Gasteiger partial charge in [0.1, 0.15) is 0 Å². The Morgan fingerprint density at radius 1 is 0.815 bits per heavy atom. The molecule has 2 heterocycles. The molecule has 0 spiro atoms. The van der Waals surface area contributed by atoms with Crippen LogP contribution < -0.4 is 15.1 Å². The van der Waals surface area contributed by atoms with Crippen LogP contribution in [0.4, 0.5) is 16.2 Å². The van der Waals surface area contributed by atoms with E-state index in [0.29, 0.717) is 5.69 Å². The third-order valence-electron chi connectivity index (χ3n) is 5.25. The van der Waals surface area contributed by atoms with Crippen LogP contribution in [0.3, 0.4) is 0 Å². The molecule has 4 rings (SSSR count). The monoisotopic (exact) mass is 364 g/mol. The summed E-state index contributed by atoms with van der Waals surface area (Å²) in [4.78, 5) is 29.6. The van der Waals surface area contributed by atoms with E-state index >= 15 is 0 Å². The second kappa shape index (κ2) is 7.80. The third kappa shape index (κ3) is 3.95. The Hall–Kier alpha value is -2.86. The van der Waals surface area contributed by atoms with Crippen molar-refractivity contribution in [2.45, 2.75) is 6.42 Å². The Bertz CT molecular complexity index is 783. The van der Waals surface area contributed by atoms with Crippen molar-refractivity contribution in [3.63, 3.8) is 0 Å². The zero-order valence-corrected chi connectivity index (χ0v) is 15.3. The van der Waals surface area contributed by atoms with Gasteiger partial charge in [0.15, 0.2) is 0 Å². The lowest BCUT2D eigenvalue weighted by atomic mass is 10.1. The smallest absolute Gasteiger partial charge is 0.329 e. The van der Waals surface area contributed by atoms with Crippen molar-refractivity contribution >= 4 is 23.3 Å². The fourth-order valence-electron chi connectivity index (χ4n) is 3.65. The van der Waals surface area contributed by atoms with Crippen LogP contribution in [0.15, 0.2) is 54.6 Å². The maximum atomic E-state index is 11.8. The Morgan fingerprint density at radius 3 is 2.15 bits per heavy atom. The first-order valence-corrected chi connectivity index (χ1v) is 9.43. The average molecular weight is 364 g/mol. The zero-order valence-electron chi connectivity index (χ0n) is 15.3. The first-order chi connectivity index (χ1) is 13.2. The minimum Gasteiger partial charge on any atom is -0.369 e. The number of piperazine rings is 1. The van der Waals surface area contributed by atoms with Crippen LogP contribution in [0.5, 0.6) is 0 Å². The number of para-hydroxylation sites is 1. The largest absolute Gasteiger partial charge is 0.369 e. The molecule has 2 aromatic carbocycles. The first-order valence-electron chi connectivity index (χ1n) is 9.43. The number of carbonyl (C=O) groups is 2. The molecule has 0 aromatic heterocycles. The predicted molar refractivity (Wildman–Crippen MR) is 106 cm³/mol. The quantitative estimate of drug-likeness (QED) is 0.826. The lowest BCUT2D eigenvalue weighted by Gasteiger charge is -2.36. The van der Waals surface area contributed by atoms with Crippen LogP contribution in [-0.4, -0.2) is 56.1 Å². The van der Waals surface area contributed by atoms with Gasteiger partial charge in [0.25, 0.3) is 5.91 Å². The number of nitrogens with one attached hydrogen (secondary N) is 1. The SMILES string of the molecule is O=C1CNC(=O)N1c1ccc(CCN2CCN(c3ccccc3)CC2)cc1. The maximum Gasteiger partial charge on any atom is 0.329 e. The summed E-state index contributed by atoms with van der Waals surface area (Å²) >= 11 is 0. The van der Waals surface area contributed by atoms with E-state index in [1.54, 1.807) is 0 Å². The Kier molecular flexibility index (Phi) is 5.07. The van der Waals surface area contributed by atoms with Crippen molar-refractivity contribution in [1.82, 2.24) is 10.2 Å². The summed E-state index contributed by atoms with van der Waals surface area (Å²) in [6, 6.07) is 17.9. The van der Waals surface area contributed by atoms with Crippen molar-refractivity contribution in [2.75, 3.05) is 49.1 Å². The fraction of sp³-hybridized carbons (Fsp3) is 0.333. The molecule has 0 unspecified atom stereocenters. The molecule has 0 radical (unpaired) electrons. The Labute approximate surface area is 159 Å².